The van der Waals surface area contributed by atoms with Gasteiger partial charge in [-0.3, -0.25) is 4.79 Å². The molecule has 2 aliphatic rings. The number of alkyl halides is 3. The van der Waals surface area contributed by atoms with E-state index in [9.17, 15) is 31.5 Å². The van der Waals surface area contributed by atoms with Gasteiger partial charge in [-0.05, 0) is 47.9 Å². The minimum atomic E-state index is -4.79. The monoisotopic (exact) mass is 606 g/mol. The van der Waals surface area contributed by atoms with Crippen molar-refractivity contribution < 1.29 is 36.2 Å². The van der Waals surface area contributed by atoms with Crippen LogP contribution < -0.4 is 25.8 Å². The van der Waals surface area contributed by atoms with Crippen LogP contribution in [0.25, 0.3) is 11.1 Å². The van der Waals surface area contributed by atoms with Crippen LogP contribution in [0, 0.1) is 5.41 Å². The van der Waals surface area contributed by atoms with Crippen LogP contribution in [0.4, 0.5) is 24.9 Å². The molecule has 6 N–H and O–H groups in total. The van der Waals surface area contributed by atoms with Crippen LogP contribution >= 0.6 is 0 Å². The maximum absolute atomic E-state index is 14.2. The zero-order chi connectivity index (χ0) is 30.3. The lowest BCUT2D eigenvalue weighted by molar-refractivity contribution is -0.198. The molecular formula is C27H29F3N6O5S. The number of ether oxygens (including phenoxy) is 1. The number of carboxylic acids is 1. The van der Waals surface area contributed by atoms with E-state index in [0.29, 0.717) is 55.8 Å². The molecule has 0 bridgehead atoms. The first-order valence-corrected chi connectivity index (χ1v) is 14.6. The number of nitrogens with two attached hydrogens (primary N) is 2. The van der Waals surface area contributed by atoms with E-state index in [1.54, 1.807) is 0 Å². The molecule has 2 atom stereocenters. The topological polar surface area (TPSA) is 174 Å². The standard InChI is InChI=1S/C27H29F3N6O5S/c28-27(29,30)23(18-3-1-16(2-4-18)17-5-7-19(8-6-17)42(32,39)40)41-22-13-21(34-25(31)35-22)36-11-9-26(10-12-36)14-20(24(37)38)33-15-26/h1-8,13,20,23,33H,9-12,14-15H2,(H,37,38)(H2,31,34,35)(H2,32,39,40)/t20-,23?/m0/s1. The minimum absolute atomic E-state index is 0.0803. The molecule has 2 fully saturated rings. The normalized spacial score (nSPS) is 19.5. The summed E-state index contributed by atoms with van der Waals surface area (Å²) in [6, 6.07) is 11.9. The van der Waals surface area contributed by atoms with Crippen molar-refractivity contribution >= 4 is 27.8 Å². The minimum Gasteiger partial charge on any atom is -0.480 e. The first-order chi connectivity index (χ1) is 19.7. The third-order valence-corrected chi connectivity index (χ3v) is 8.71. The second-order valence-corrected chi connectivity index (χ2v) is 12.2. The SMILES string of the molecule is Nc1nc(OC(c2ccc(-c3ccc(S(N)(=O)=O)cc3)cc2)C(F)(F)F)cc(N2CCC3(CC2)CN[C@H](C(=O)O)C3)n1. The molecule has 3 aromatic rings. The molecule has 2 aromatic carbocycles. The predicted molar refractivity (Wildman–Crippen MR) is 147 cm³/mol. The number of carbonyl (C=O) groups is 1. The van der Waals surface area contributed by atoms with Crippen molar-refractivity contribution in [1.29, 1.82) is 0 Å². The van der Waals surface area contributed by atoms with Gasteiger partial charge < -0.3 is 25.8 Å². The highest BCUT2D eigenvalue weighted by Gasteiger charge is 2.45. The summed E-state index contributed by atoms with van der Waals surface area (Å²) in [5.41, 5.74) is 6.66. The Balaban J connectivity index is 1.32. The number of nitrogens with one attached hydrogen (secondary N) is 1. The molecule has 0 amide bonds. The first-order valence-electron chi connectivity index (χ1n) is 13.0. The van der Waals surface area contributed by atoms with Crippen molar-refractivity contribution in [2.75, 3.05) is 30.3 Å². The van der Waals surface area contributed by atoms with Gasteiger partial charge in [-0.1, -0.05) is 36.4 Å². The first kappa shape index (κ1) is 29.5. The second kappa shape index (κ2) is 11.0. The van der Waals surface area contributed by atoms with Crippen molar-refractivity contribution in [3.05, 3.63) is 60.2 Å². The number of primary sulfonamides is 1. The summed E-state index contributed by atoms with van der Waals surface area (Å²) in [4.78, 5) is 21.2. The maximum atomic E-state index is 14.2. The number of nitrogen functional groups attached to an aromatic ring is 1. The number of anilines is 2. The Bertz CT molecular complexity index is 1560. The number of nitrogens with zero attached hydrogens (tertiary/aromatic N) is 3. The summed E-state index contributed by atoms with van der Waals surface area (Å²) in [5, 5.41) is 17.5. The molecular weight excluding hydrogens is 577 g/mol. The summed E-state index contributed by atoms with van der Waals surface area (Å²) >= 11 is 0. The summed E-state index contributed by atoms with van der Waals surface area (Å²) in [7, 11) is -3.88. The molecule has 2 aliphatic heterocycles. The van der Waals surface area contributed by atoms with E-state index in [0.717, 1.165) is 0 Å². The molecule has 1 spiro atoms. The number of carboxylic acid groups (broad SMARTS) is 1. The highest BCUT2D eigenvalue weighted by molar-refractivity contribution is 7.89. The number of rotatable bonds is 7. The van der Waals surface area contributed by atoms with Gasteiger partial charge in [0, 0.05) is 31.3 Å². The van der Waals surface area contributed by atoms with Crippen molar-refractivity contribution in [2.24, 2.45) is 10.6 Å². The molecule has 11 nitrogen and oxygen atoms in total. The molecule has 0 aliphatic carbocycles. The second-order valence-electron chi connectivity index (χ2n) is 10.6. The van der Waals surface area contributed by atoms with E-state index in [1.165, 1.54) is 54.6 Å². The Morgan fingerprint density at radius 3 is 2.19 bits per heavy atom. The number of aliphatic carboxylic acids is 1. The van der Waals surface area contributed by atoms with E-state index < -0.39 is 34.3 Å². The lowest BCUT2D eigenvalue weighted by atomic mass is 9.76. The lowest BCUT2D eigenvalue weighted by Crippen LogP contribution is -2.41. The summed E-state index contributed by atoms with van der Waals surface area (Å²) in [6.45, 7) is 1.63. The van der Waals surface area contributed by atoms with Crippen LogP contribution in [-0.4, -0.2) is 61.3 Å². The predicted octanol–water partition coefficient (Wildman–Crippen LogP) is 3.09. The van der Waals surface area contributed by atoms with E-state index in [1.807, 2.05) is 4.90 Å². The number of halogens is 3. The van der Waals surface area contributed by atoms with Gasteiger partial charge >= 0.3 is 12.1 Å². The molecule has 3 heterocycles. The average molecular weight is 607 g/mol. The van der Waals surface area contributed by atoms with Gasteiger partial charge in [-0.25, -0.2) is 13.6 Å². The Kier molecular flexibility index (Phi) is 7.76. The highest BCUT2D eigenvalue weighted by atomic mass is 32.2. The van der Waals surface area contributed by atoms with Gasteiger partial charge in [0.15, 0.2) is 0 Å². The van der Waals surface area contributed by atoms with Gasteiger partial charge in [-0.2, -0.15) is 23.1 Å². The number of aromatic nitrogens is 2. The third-order valence-electron chi connectivity index (χ3n) is 7.78. The molecule has 1 aromatic heterocycles. The van der Waals surface area contributed by atoms with Gasteiger partial charge in [0.25, 0.3) is 0 Å². The molecule has 42 heavy (non-hydrogen) atoms. The van der Waals surface area contributed by atoms with E-state index in [2.05, 4.69) is 15.3 Å². The van der Waals surface area contributed by atoms with Crippen molar-refractivity contribution in [1.82, 2.24) is 15.3 Å². The van der Waals surface area contributed by atoms with Crippen LogP contribution in [0.3, 0.4) is 0 Å². The maximum Gasteiger partial charge on any atom is 0.429 e. The van der Waals surface area contributed by atoms with Gasteiger partial charge in [0.2, 0.25) is 28.0 Å². The molecule has 0 radical (unpaired) electrons. The van der Waals surface area contributed by atoms with Crippen molar-refractivity contribution in [2.45, 2.75) is 42.5 Å². The van der Waals surface area contributed by atoms with E-state index in [4.69, 9.17) is 15.6 Å². The summed E-state index contributed by atoms with van der Waals surface area (Å²) < 4.78 is 70.8. The fourth-order valence-electron chi connectivity index (χ4n) is 5.47. The van der Waals surface area contributed by atoms with Crippen LogP contribution in [0.15, 0.2) is 59.5 Å². The zero-order valence-electron chi connectivity index (χ0n) is 22.2. The Morgan fingerprint density at radius 2 is 1.67 bits per heavy atom. The van der Waals surface area contributed by atoms with Crippen LogP contribution in [0.5, 0.6) is 5.88 Å². The quantitative estimate of drug-likeness (QED) is 0.313. The number of piperidine rings is 1. The fourth-order valence-corrected chi connectivity index (χ4v) is 5.98. The summed E-state index contributed by atoms with van der Waals surface area (Å²) in [6.07, 6.45) is -5.24. The zero-order valence-corrected chi connectivity index (χ0v) is 23.0. The molecule has 224 valence electrons. The van der Waals surface area contributed by atoms with Gasteiger partial charge in [0.1, 0.15) is 11.9 Å². The summed E-state index contributed by atoms with van der Waals surface area (Å²) in [5.74, 6) is -1.13. The Labute approximate surface area is 239 Å². The highest BCUT2D eigenvalue weighted by Crippen LogP contribution is 2.41. The number of benzene rings is 2. The van der Waals surface area contributed by atoms with E-state index in [-0.39, 0.29) is 27.7 Å². The molecule has 2 saturated heterocycles. The largest absolute Gasteiger partial charge is 0.480 e. The fraction of sp³-hybridized carbons (Fsp3) is 0.370. The molecule has 15 heteroatoms. The average Bonchev–Trinajstić information content (AvgIpc) is 3.35. The van der Waals surface area contributed by atoms with Crippen molar-refractivity contribution in [3.8, 4) is 17.0 Å². The van der Waals surface area contributed by atoms with Gasteiger partial charge in [-0.15, -0.1) is 0 Å². The Morgan fingerprint density at radius 1 is 1.07 bits per heavy atom. The van der Waals surface area contributed by atoms with Crippen LogP contribution in [0.2, 0.25) is 0 Å². The smallest absolute Gasteiger partial charge is 0.429 e. The molecule has 5 rings (SSSR count). The van der Waals surface area contributed by atoms with E-state index >= 15 is 0 Å². The lowest BCUT2D eigenvalue weighted by Gasteiger charge is -2.39. The van der Waals surface area contributed by atoms with Crippen LogP contribution in [-0.2, 0) is 14.8 Å². The molecule has 1 unspecified atom stereocenters. The molecule has 0 saturated carbocycles. The number of hydrogen-bond acceptors (Lipinski definition) is 9. The van der Waals surface area contributed by atoms with Crippen molar-refractivity contribution in [3.63, 3.8) is 0 Å². The van der Waals surface area contributed by atoms with Crippen LogP contribution in [0.1, 0.15) is 30.9 Å². The Hall–Kier alpha value is -3.95. The third kappa shape index (κ3) is 6.42. The number of sulfonamides is 1. The van der Waals surface area contributed by atoms with Gasteiger partial charge in [0.05, 0.1) is 4.90 Å². The number of hydrogen-bond donors (Lipinski definition) is 4.